The summed E-state index contributed by atoms with van der Waals surface area (Å²) in [5, 5.41) is 18.8. The lowest BCUT2D eigenvalue weighted by molar-refractivity contribution is -0.235. The molecule has 3 unspecified atom stereocenters. The average molecular weight is 288 g/mol. The molecule has 1 saturated heterocycles. The van der Waals surface area contributed by atoms with Crippen molar-refractivity contribution in [2.24, 2.45) is 10.8 Å². The SMILES string of the molecule is CC(C)(C)C(C)(C)C(CC(=O)O)OC1CC(O)CCO1. The Balaban J connectivity index is 2.81. The Bertz CT molecular complexity index is 332. The molecule has 0 aromatic heterocycles. The Morgan fingerprint density at radius 1 is 1.35 bits per heavy atom. The van der Waals surface area contributed by atoms with Crippen LogP contribution in [-0.4, -0.2) is 41.3 Å². The van der Waals surface area contributed by atoms with Gasteiger partial charge in [-0.1, -0.05) is 34.6 Å². The molecule has 0 spiro atoms. The predicted octanol–water partition coefficient (Wildman–Crippen LogP) is 2.42. The highest BCUT2D eigenvalue weighted by Crippen LogP contribution is 2.44. The number of carbonyl (C=O) groups is 1. The first-order valence-corrected chi connectivity index (χ1v) is 7.21. The van der Waals surface area contributed by atoms with Gasteiger partial charge < -0.3 is 19.7 Å². The minimum atomic E-state index is -0.885. The van der Waals surface area contributed by atoms with Crippen molar-refractivity contribution < 1.29 is 24.5 Å². The molecular formula is C15H28O5. The van der Waals surface area contributed by atoms with Gasteiger partial charge in [0.1, 0.15) is 0 Å². The van der Waals surface area contributed by atoms with Crippen LogP contribution in [-0.2, 0) is 14.3 Å². The zero-order valence-electron chi connectivity index (χ0n) is 13.2. The van der Waals surface area contributed by atoms with E-state index in [1.54, 1.807) is 0 Å². The number of rotatable bonds is 5. The predicted molar refractivity (Wildman–Crippen MR) is 75.3 cm³/mol. The lowest BCUT2D eigenvalue weighted by Crippen LogP contribution is -2.46. The third-order valence-corrected chi connectivity index (χ3v) is 4.63. The van der Waals surface area contributed by atoms with Gasteiger partial charge in [0.25, 0.3) is 0 Å². The van der Waals surface area contributed by atoms with Gasteiger partial charge in [-0.25, -0.2) is 0 Å². The van der Waals surface area contributed by atoms with E-state index in [0.29, 0.717) is 19.4 Å². The fourth-order valence-electron chi connectivity index (χ4n) is 2.14. The lowest BCUT2D eigenvalue weighted by atomic mass is 9.65. The van der Waals surface area contributed by atoms with Gasteiger partial charge in [0.15, 0.2) is 6.29 Å². The van der Waals surface area contributed by atoms with E-state index < -0.39 is 24.5 Å². The number of aliphatic hydroxyl groups is 1. The first kappa shape index (κ1) is 17.4. The maximum Gasteiger partial charge on any atom is 0.306 e. The van der Waals surface area contributed by atoms with Crippen LogP contribution in [0.1, 0.15) is 53.9 Å². The van der Waals surface area contributed by atoms with Crippen LogP contribution in [0.5, 0.6) is 0 Å². The third kappa shape index (κ3) is 4.43. The molecule has 1 fully saturated rings. The number of hydrogen-bond donors (Lipinski definition) is 2. The number of carboxylic acids is 1. The summed E-state index contributed by atoms with van der Waals surface area (Å²) in [5.74, 6) is -0.885. The number of ether oxygens (including phenoxy) is 2. The summed E-state index contributed by atoms with van der Waals surface area (Å²) < 4.78 is 11.4. The number of carboxylic acid groups (broad SMARTS) is 1. The first-order valence-electron chi connectivity index (χ1n) is 7.21. The van der Waals surface area contributed by atoms with Gasteiger partial charge in [-0.15, -0.1) is 0 Å². The lowest BCUT2D eigenvalue weighted by Gasteiger charge is -2.45. The van der Waals surface area contributed by atoms with E-state index in [-0.39, 0.29) is 17.3 Å². The molecule has 3 atom stereocenters. The van der Waals surface area contributed by atoms with Crippen molar-refractivity contribution in [1.82, 2.24) is 0 Å². The molecule has 0 aromatic rings. The maximum atomic E-state index is 11.1. The smallest absolute Gasteiger partial charge is 0.306 e. The van der Waals surface area contributed by atoms with Crippen molar-refractivity contribution in [3.05, 3.63) is 0 Å². The van der Waals surface area contributed by atoms with Gasteiger partial charge in [0.05, 0.1) is 25.2 Å². The molecule has 0 aromatic carbocycles. The molecule has 0 amide bonds. The molecule has 0 saturated carbocycles. The summed E-state index contributed by atoms with van der Waals surface area (Å²) in [4.78, 5) is 11.1. The Kier molecular flexibility index (Phi) is 5.58. The van der Waals surface area contributed by atoms with Crippen molar-refractivity contribution >= 4 is 5.97 Å². The van der Waals surface area contributed by atoms with Crippen LogP contribution in [0, 0.1) is 10.8 Å². The van der Waals surface area contributed by atoms with Crippen LogP contribution in [0.4, 0.5) is 0 Å². The number of aliphatic hydroxyl groups excluding tert-OH is 1. The molecule has 2 N–H and O–H groups in total. The highest BCUT2D eigenvalue weighted by atomic mass is 16.7. The van der Waals surface area contributed by atoms with Gasteiger partial charge >= 0.3 is 5.97 Å². The summed E-state index contributed by atoms with van der Waals surface area (Å²) in [6, 6.07) is 0. The van der Waals surface area contributed by atoms with Crippen LogP contribution in [0.2, 0.25) is 0 Å². The van der Waals surface area contributed by atoms with Gasteiger partial charge in [-0.3, -0.25) is 4.79 Å². The van der Waals surface area contributed by atoms with E-state index >= 15 is 0 Å². The zero-order chi connectivity index (χ0) is 15.6. The summed E-state index contributed by atoms with van der Waals surface area (Å²) in [6.45, 7) is 10.7. The molecular weight excluding hydrogens is 260 g/mol. The Labute approximate surface area is 121 Å². The molecule has 1 aliphatic rings. The van der Waals surface area contributed by atoms with E-state index in [2.05, 4.69) is 20.8 Å². The van der Waals surface area contributed by atoms with E-state index in [9.17, 15) is 9.90 Å². The van der Waals surface area contributed by atoms with Crippen molar-refractivity contribution in [2.75, 3.05) is 6.61 Å². The van der Waals surface area contributed by atoms with Crippen molar-refractivity contribution in [3.8, 4) is 0 Å². The average Bonchev–Trinajstić information content (AvgIpc) is 2.26. The Hall–Kier alpha value is -0.650. The third-order valence-electron chi connectivity index (χ3n) is 4.63. The molecule has 0 radical (unpaired) electrons. The quantitative estimate of drug-likeness (QED) is 0.812. The number of aliphatic carboxylic acids is 1. The monoisotopic (exact) mass is 288 g/mol. The molecule has 20 heavy (non-hydrogen) atoms. The van der Waals surface area contributed by atoms with E-state index in [1.807, 2.05) is 13.8 Å². The van der Waals surface area contributed by atoms with Crippen LogP contribution in [0.15, 0.2) is 0 Å². The summed E-state index contributed by atoms with van der Waals surface area (Å²) in [6.07, 6.45) is -0.486. The zero-order valence-corrected chi connectivity index (χ0v) is 13.2. The normalized spacial score (nSPS) is 26.3. The van der Waals surface area contributed by atoms with Crippen molar-refractivity contribution in [3.63, 3.8) is 0 Å². The first-order chi connectivity index (χ1) is 9.04. The van der Waals surface area contributed by atoms with Crippen LogP contribution < -0.4 is 0 Å². The maximum absolute atomic E-state index is 11.1. The molecule has 5 heteroatoms. The molecule has 1 aliphatic heterocycles. The summed E-state index contributed by atoms with van der Waals surface area (Å²) in [5.41, 5.74) is -0.447. The highest BCUT2D eigenvalue weighted by Gasteiger charge is 2.43. The fraction of sp³-hybridized carbons (Fsp3) is 0.933. The second kappa shape index (κ2) is 6.41. The molecule has 1 heterocycles. The van der Waals surface area contributed by atoms with Crippen molar-refractivity contribution in [1.29, 1.82) is 0 Å². The van der Waals surface area contributed by atoms with E-state index in [1.165, 1.54) is 0 Å². The standard InChI is InChI=1S/C15H28O5/c1-14(2,3)15(4,5)11(9-12(17)18)20-13-8-10(16)6-7-19-13/h10-11,13,16H,6-9H2,1-5H3,(H,17,18). The van der Waals surface area contributed by atoms with Gasteiger partial charge in [-0.05, 0) is 17.3 Å². The largest absolute Gasteiger partial charge is 0.481 e. The second-order valence-corrected chi connectivity index (χ2v) is 7.17. The van der Waals surface area contributed by atoms with Crippen molar-refractivity contribution in [2.45, 2.75) is 72.4 Å². The molecule has 5 nitrogen and oxygen atoms in total. The van der Waals surface area contributed by atoms with Gasteiger partial charge in [0.2, 0.25) is 0 Å². The molecule has 1 rings (SSSR count). The Morgan fingerprint density at radius 3 is 2.40 bits per heavy atom. The summed E-state index contributed by atoms with van der Waals surface area (Å²) in [7, 11) is 0. The molecule has 0 bridgehead atoms. The second-order valence-electron chi connectivity index (χ2n) is 7.17. The highest BCUT2D eigenvalue weighted by molar-refractivity contribution is 5.67. The van der Waals surface area contributed by atoms with Crippen LogP contribution in [0.3, 0.4) is 0 Å². The number of hydrogen-bond acceptors (Lipinski definition) is 4. The van der Waals surface area contributed by atoms with E-state index in [0.717, 1.165) is 0 Å². The van der Waals surface area contributed by atoms with Crippen LogP contribution >= 0.6 is 0 Å². The summed E-state index contributed by atoms with van der Waals surface area (Å²) >= 11 is 0. The molecule has 118 valence electrons. The minimum absolute atomic E-state index is 0.0692. The van der Waals surface area contributed by atoms with E-state index in [4.69, 9.17) is 14.6 Å². The van der Waals surface area contributed by atoms with Crippen LogP contribution in [0.25, 0.3) is 0 Å². The minimum Gasteiger partial charge on any atom is -0.481 e. The van der Waals surface area contributed by atoms with Gasteiger partial charge in [0, 0.05) is 6.42 Å². The molecule has 0 aliphatic carbocycles. The topological polar surface area (TPSA) is 76.0 Å². The Morgan fingerprint density at radius 2 is 1.95 bits per heavy atom. The van der Waals surface area contributed by atoms with Gasteiger partial charge in [-0.2, -0.15) is 0 Å². The fourth-order valence-corrected chi connectivity index (χ4v) is 2.14.